The molecule has 0 aliphatic heterocycles. The lowest BCUT2D eigenvalue weighted by molar-refractivity contribution is 0.568. The molecular formula is C25H12O4. The summed E-state index contributed by atoms with van der Waals surface area (Å²) in [6.07, 6.45) is 5.44. The summed E-state index contributed by atoms with van der Waals surface area (Å²) < 4.78 is 11.0. The van der Waals surface area contributed by atoms with E-state index >= 15 is 0 Å². The van der Waals surface area contributed by atoms with Crippen LogP contribution in [0.5, 0.6) is 0 Å². The highest BCUT2D eigenvalue weighted by atomic mass is 16.4. The Labute approximate surface area is 164 Å². The van der Waals surface area contributed by atoms with Gasteiger partial charge in [-0.3, -0.25) is 0 Å². The predicted molar refractivity (Wildman–Crippen MR) is 114 cm³/mol. The van der Waals surface area contributed by atoms with E-state index < -0.39 is 11.3 Å². The van der Waals surface area contributed by atoms with Crippen molar-refractivity contribution in [1.29, 1.82) is 0 Å². The van der Waals surface area contributed by atoms with E-state index in [0.29, 0.717) is 43.7 Å². The summed E-state index contributed by atoms with van der Waals surface area (Å²) in [5, 5.41) is 3.47. The van der Waals surface area contributed by atoms with Gasteiger partial charge in [0.2, 0.25) is 0 Å². The third kappa shape index (κ3) is 2.51. The van der Waals surface area contributed by atoms with Gasteiger partial charge in [0, 0.05) is 32.7 Å². The Hall–Kier alpha value is -4.28. The van der Waals surface area contributed by atoms with Crippen LogP contribution in [0.25, 0.3) is 43.5 Å². The van der Waals surface area contributed by atoms with Gasteiger partial charge in [0.1, 0.15) is 11.2 Å². The van der Waals surface area contributed by atoms with Crippen LogP contribution in [0.2, 0.25) is 0 Å². The van der Waals surface area contributed by atoms with Crippen LogP contribution in [0.1, 0.15) is 18.1 Å². The predicted octanol–water partition coefficient (Wildman–Crippen LogP) is 4.56. The van der Waals surface area contributed by atoms with Crippen molar-refractivity contribution in [3.05, 3.63) is 80.5 Å². The third-order valence-corrected chi connectivity index (χ3v) is 4.98. The smallest absolute Gasteiger partial charge is 0.344 e. The molecule has 0 unspecified atom stereocenters. The molecule has 0 bridgehead atoms. The van der Waals surface area contributed by atoms with Gasteiger partial charge >= 0.3 is 11.3 Å². The maximum Gasteiger partial charge on any atom is 0.344 e. The Morgan fingerprint density at radius 2 is 1.21 bits per heavy atom. The molecule has 5 aromatic rings. The van der Waals surface area contributed by atoms with Gasteiger partial charge in [-0.05, 0) is 55.5 Å². The van der Waals surface area contributed by atoms with E-state index in [1.807, 2.05) is 12.1 Å². The molecule has 0 aliphatic carbocycles. The van der Waals surface area contributed by atoms with Crippen molar-refractivity contribution in [2.45, 2.75) is 6.92 Å². The molecule has 136 valence electrons. The summed E-state index contributed by atoms with van der Waals surface area (Å²) >= 11 is 0. The number of benzene rings is 3. The van der Waals surface area contributed by atoms with E-state index in [1.165, 1.54) is 0 Å². The molecule has 0 saturated heterocycles. The summed E-state index contributed by atoms with van der Waals surface area (Å²) in [6, 6.07) is 14.0. The molecule has 2 heterocycles. The van der Waals surface area contributed by atoms with E-state index in [9.17, 15) is 9.59 Å². The number of rotatable bonds is 0. The van der Waals surface area contributed by atoms with Crippen molar-refractivity contribution < 1.29 is 8.83 Å². The van der Waals surface area contributed by atoms with Crippen molar-refractivity contribution in [3.8, 4) is 24.2 Å². The van der Waals surface area contributed by atoms with Crippen LogP contribution in [-0.2, 0) is 0 Å². The number of hydrogen-bond donors (Lipinski definition) is 0. The Balaban J connectivity index is 1.96. The minimum Gasteiger partial charge on any atom is -0.422 e. The normalized spacial score (nSPS) is 10.9. The monoisotopic (exact) mass is 376 g/mol. The van der Waals surface area contributed by atoms with E-state index in [-0.39, 0.29) is 0 Å². The Morgan fingerprint density at radius 1 is 0.690 bits per heavy atom. The van der Waals surface area contributed by atoms with Gasteiger partial charge in [0.05, 0.1) is 10.8 Å². The lowest BCUT2D eigenvalue weighted by atomic mass is 10.00. The summed E-state index contributed by atoms with van der Waals surface area (Å²) in [4.78, 5) is 25.4. The second kappa shape index (κ2) is 6.12. The van der Waals surface area contributed by atoms with Crippen LogP contribution in [0.15, 0.2) is 67.0 Å². The van der Waals surface area contributed by atoms with Crippen molar-refractivity contribution in [2.75, 3.05) is 0 Å². The molecule has 4 heteroatoms. The summed E-state index contributed by atoms with van der Waals surface area (Å²) in [5.74, 6) is 8.29. The van der Waals surface area contributed by atoms with E-state index in [1.54, 1.807) is 43.3 Å². The SMILES string of the molecule is C#Cc1ccc2c(c1)oc(=O)c1cc3c(cc12)c(=O)oc1cc(C#CC)ccc13. The molecule has 0 amide bonds. The van der Waals surface area contributed by atoms with Crippen LogP contribution >= 0.6 is 0 Å². The molecule has 3 aromatic carbocycles. The van der Waals surface area contributed by atoms with Crippen LogP contribution < -0.4 is 11.3 Å². The first kappa shape index (κ1) is 16.9. The van der Waals surface area contributed by atoms with E-state index in [0.717, 1.165) is 10.9 Å². The van der Waals surface area contributed by atoms with Crippen molar-refractivity contribution in [3.63, 3.8) is 0 Å². The average Bonchev–Trinajstić information content (AvgIpc) is 2.73. The van der Waals surface area contributed by atoms with E-state index in [2.05, 4.69) is 17.8 Å². The highest BCUT2D eigenvalue weighted by Gasteiger charge is 2.14. The minimum absolute atomic E-state index is 0.380. The van der Waals surface area contributed by atoms with Crippen LogP contribution in [0.3, 0.4) is 0 Å². The van der Waals surface area contributed by atoms with E-state index in [4.69, 9.17) is 15.3 Å². The standard InChI is InChI=1S/C25H12O4/c1-3-5-15-7-9-17-19-13-20-18(12-21(19)25(27)29-23(17)11-15)16-8-6-14(4-2)10-22(16)28-24(20)26/h2,6-13H,1H3. The Kier molecular flexibility index (Phi) is 3.56. The number of fused-ring (bicyclic) bond motifs is 6. The van der Waals surface area contributed by atoms with Gasteiger partial charge in [-0.15, -0.1) is 12.3 Å². The zero-order chi connectivity index (χ0) is 20.1. The molecular weight excluding hydrogens is 364 g/mol. The lowest BCUT2D eigenvalue weighted by Gasteiger charge is -2.07. The van der Waals surface area contributed by atoms with Crippen molar-refractivity contribution in [1.82, 2.24) is 0 Å². The van der Waals surface area contributed by atoms with Crippen molar-refractivity contribution in [2.24, 2.45) is 0 Å². The summed E-state index contributed by atoms with van der Waals surface area (Å²) in [7, 11) is 0. The molecule has 2 aromatic heterocycles. The van der Waals surface area contributed by atoms with Crippen molar-refractivity contribution >= 4 is 43.5 Å². The summed E-state index contributed by atoms with van der Waals surface area (Å²) in [5.41, 5.74) is 1.20. The third-order valence-electron chi connectivity index (χ3n) is 4.98. The van der Waals surface area contributed by atoms with Gasteiger partial charge < -0.3 is 8.83 Å². The fourth-order valence-electron chi connectivity index (χ4n) is 3.66. The number of hydrogen-bond acceptors (Lipinski definition) is 4. The molecule has 0 spiro atoms. The quantitative estimate of drug-likeness (QED) is 0.172. The molecule has 0 N–H and O–H groups in total. The first-order valence-corrected chi connectivity index (χ1v) is 8.89. The maximum absolute atomic E-state index is 12.7. The second-order valence-corrected chi connectivity index (χ2v) is 6.66. The van der Waals surface area contributed by atoms with Crippen LogP contribution in [0.4, 0.5) is 0 Å². The molecule has 5 rings (SSSR count). The zero-order valence-electron chi connectivity index (χ0n) is 15.3. The molecule has 0 atom stereocenters. The molecule has 29 heavy (non-hydrogen) atoms. The molecule has 0 radical (unpaired) electrons. The highest BCUT2D eigenvalue weighted by molar-refractivity contribution is 6.14. The van der Waals surface area contributed by atoms with Gasteiger partial charge in [-0.1, -0.05) is 11.8 Å². The Bertz CT molecular complexity index is 1710. The zero-order valence-corrected chi connectivity index (χ0v) is 15.3. The van der Waals surface area contributed by atoms with Gasteiger partial charge in [-0.2, -0.15) is 0 Å². The molecule has 4 nitrogen and oxygen atoms in total. The fraction of sp³-hybridized carbons (Fsp3) is 0.0400. The average molecular weight is 376 g/mol. The summed E-state index contributed by atoms with van der Waals surface area (Å²) in [6.45, 7) is 1.74. The second-order valence-electron chi connectivity index (χ2n) is 6.66. The molecule has 0 aliphatic rings. The first-order valence-electron chi connectivity index (χ1n) is 8.89. The maximum atomic E-state index is 12.7. The number of terminal acetylenes is 1. The Morgan fingerprint density at radius 3 is 1.72 bits per heavy atom. The van der Waals surface area contributed by atoms with Gasteiger partial charge in [0.15, 0.2) is 0 Å². The van der Waals surface area contributed by atoms with Crippen LogP contribution in [-0.4, -0.2) is 0 Å². The van der Waals surface area contributed by atoms with Gasteiger partial charge in [-0.25, -0.2) is 9.59 Å². The molecule has 0 fully saturated rings. The topological polar surface area (TPSA) is 60.4 Å². The van der Waals surface area contributed by atoms with Crippen LogP contribution in [0, 0.1) is 24.2 Å². The first-order chi connectivity index (χ1) is 14.1. The fourth-order valence-corrected chi connectivity index (χ4v) is 3.66. The minimum atomic E-state index is -0.488. The highest BCUT2D eigenvalue weighted by Crippen LogP contribution is 2.30. The molecule has 0 saturated carbocycles. The lowest BCUT2D eigenvalue weighted by Crippen LogP contribution is -2.04. The van der Waals surface area contributed by atoms with Gasteiger partial charge in [0.25, 0.3) is 0 Å². The largest absolute Gasteiger partial charge is 0.422 e.